The number of nitrogens with one attached hydrogen (secondary N) is 2. The zero-order chi connectivity index (χ0) is 19.2. The minimum atomic E-state index is -0.737. The van der Waals surface area contributed by atoms with Crippen molar-refractivity contribution in [3.8, 4) is 6.07 Å². The number of nitro groups is 1. The van der Waals surface area contributed by atoms with Crippen LogP contribution in [0.5, 0.6) is 0 Å². The molecular weight excluding hydrogens is 344 g/mol. The molecule has 3 aromatic carbocycles. The first-order valence-corrected chi connectivity index (χ1v) is 7.99. The molecule has 0 saturated carbocycles. The van der Waals surface area contributed by atoms with Crippen LogP contribution < -0.4 is 10.6 Å². The molecule has 7 nitrogen and oxygen atoms in total. The molecule has 0 unspecified atom stereocenters. The Balaban J connectivity index is 1.83. The fourth-order valence-electron chi connectivity index (χ4n) is 2.58. The fraction of sp³-hybridized carbons (Fsp3) is 0. The zero-order valence-electron chi connectivity index (χ0n) is 14.0. The highest BCUT2D eigenvalue weighted by Crippen LogP contribution is 2.25. The fourth-order valence-corrected chi connectivity index (χ4v) is 2.58. The van der Waals surface area contributed by atoms with Crippen molar-refractivity contribution >= 4 is 33.7 Å². The number of nitro benzene ring substituents is 1. The molecular formula is C20H14N4O3. The van der Waals surface area contributed by atoms with Gasteiger partial charge in [0, 0.05) is 23.3 Å². The standard InChI is InChI=1S/C20H14N4O3/c21-12-15(20(25)23-18-9-3-4-11-19(18)24(26)27)13-22-17-10-5-7-14-6-1-2-8-16(14)17/h1-11,13,22H,(H,23,25)/b15-13-. The summed E-state index contributed by atoms with van der Waals surface area (Å²) in [6.07, 6.45) is 1.28. The van der Waals surface area contributed by atoms with Gasteiger partial charge in [0.2, 0.25) is 0 Å². The number of nitriles is 1. The SMILES string of the molecule is N#C/C(=C/Nc1cccc2ccccc12)C(=O)Nc1ccccc1[N+](=O)[O-]. The number of hydrogen-bond donors (Lipinski definition) is 2. The van der Waals surface area contributed by atoms with Gasteiger partial charge in [0.05, 0.1) is 4.92 Å². The van der Waals surface area contributed by atoms with Crippen molar-refractivity contribution in [3.63, 3.8) is 0 Å². The quantitative estimate of drug-likeness (QED) is 0.307. The number of fused-ring (bicyclic) bond motifs is 1. The molecule has 0 aliphatic heterocycles. The molecule has 0 aromatic heterocycles. The van der Waals surface area contributed by atoms with Gasteiger partial charge in [-0.1, -0.05) is 48.5 Å². The second kappa shape index (κ2) is 7.80. The van der Waals surface area contributed by atoms with Gasteiger partial charge in [-0.2, -0.15) is 5.26 Å². The van der Waals surface area contributed by atoms with E-state index < -0.39 is 10.8 Å². The number of benzene rings is 3. The number of carbonyl (C=O) groups is 1. The lowest BCUT2D eigenvalue weighted by atomic mass is 10.1. The van der Waals surface area contributed by atoms with E-state index in [0.717, 1.165) is 16.5 Å². The first-order chi connectivity index (χ1) is 13.1. The van der Waals surface area contributed by atoms with Crippen molar-refractivity contribution in [2.24, 2.45) is 0 Å². The summed E-state index contributed by atoms with van der Waals surface area (Å²) < 4.78 is 0. The van der Waals surface area contributed by atoms with E-state index in [0.29, 0.717) is 0 Å². The summed E-state index contributed by atoms with van der Waals surface area (Å²) in [5.41, 5.74) is 0.310. The highest BCUT2D eigenvalue weighted by atomic mass is 16.6. The lowest BCUT2D eigenvalue weighted by Crippen LogP contribution is -2.15. The molecule has 0 bridgehead atoms. The monoisotopic (exact) mass is 358 g/mol. The molecule has 0 spiro atoms. The maximum atomic E-state index is 12.3. The Bertz CT molecular complexity index is 1090. The Morgan fingerprint density at radius 1 is 1.00 bits per heavy atom. The molecule has 0 atom stereocenters. The summed E-state index contributed by atoms with van der Waals surface area (Å²) in [5.74, 6) is -0.737. The van der Waals surface area contributed by atoms with Gasteiger partial charge in [0.25, 0.3) is 11.6 Å². The second-order valence-electron chi connectivity index (χ2n) is 5.57. The highest BCUT2D eigenvalue weighted by Gasteiger charge is 2.17. The van der Waals surface area contributed by atoms with Gasteiger partial charge >= 0.3 is 0 Å². The van der Waals surface area contributed by atoms with E-state index in [2.05, 4.69) is 10.6 Å². The van der Waals surface area contributed by atoms with E-state index in [1.165, 1.54) is 24.4 Å². The van der Waals surface area contributed by atoms with E-state index in [9.17, 15) is 20.2 Å². The molecule has 0 aliphatic carbocycles. The van der Waals surface area contributed by atoms with Crippen molar-refractivity contribution in [1.82, 2.24) is 0 Å². The van der Waals surface area contributed by atoms with Crippen molar-refractivity contribution < 1.29 is 9.72 Å². The summed E-state index contributed by atoms with van der Waals surface area (Å²) >= 11 is 0. The topological polar surface area (TPSA) is 108 Å². The normalized spacial score (nSPS) is 10.9. The predicted octanol–water partition coefficient (Wildman–Crippen LogP) is 4.21. The van der Waals surface area contributed by atoms with Crippen molar-refractivity contribution in [2.45, 2.75) is 0 Å². The van der Waals surface area contributed by atoms with Crippen molar-refractivity contribution in [3.05, 3.63) is 88.6 Å². The van der Waals surface area contributed by atoms with E-state index in [4.69, 9.17) is 0 Å². The molecule has 0 heterocycles. The number of para-hydroxylation sites is 2. The molecule has 0 aliphatic rings. The average Bonchev–Trinajstić information content (AvgIpc) is 2.68. The van der Waals surface area contributed by atoms with Crippen LogP contribution >= 0.6 is 0 Å². The molecule has 2 N–H and O–H groups in total. The largest absolute Gasteiger partial charge is 0.360 e. The molecule has 0 radical (unpaired) electrons. The summed E-state index contributed by atoms with van der Waals surface area (Å²) in [6.45, 7) is 0. The van der Waals surface area contributed by atoms with Crippen LogP contribution in [-0.2, 0) is 4.79 Å². The number of carbonyl (C=O) groups excluding carboxylic acids is 1. The first kappa shape index (κ1) is 17.6. The summed E-state index contributed by atoms with van der Waals surface area (Å²) in [6, 6.07) is 20.9. The van der Waals surface area contributed by atoms with Gasteiger partial charge in [-0.3, -0.25) is 14.9 Å². The molecule has 27 heavy (non-hydrogen) atoms. The number of nitrogens with zero attached hydrogens (tertiary/aromatic N) is 2. The average molecular weight is 358 g/mol. The summed E-state index contributed by atoms with van der Waals surface area (Å²) in [7, 11) is 0. The van der Waals surface area contributed by atoms with Crippen LogP contribution in [0, 0.1) is 21.4 Å². The van der Waals surface area contributed by atoms with Crippen LogP contribution in [0.4, 0.5) is 17.1 Å². The van der Waals surface area contributed by atoms with Crippen LogP contribution in [0.25, 0.3) is 10.8 Å². The Hall–Kier alpha value is -4.18. The Morgan fingerprint density at radius 2 is 1.67 bits per heavy atom. The number of hydrogen-bond acceptors (Lipinski definition) is 5. The maximum absolute atomic E-state index is 12.3. The number of rotatable bonds is 5. The van der Waals surface area contributed by atoms with Crippen molar-refractivity contribution in [1.29, 1.82) is 5.26 Å². The molecule has 0 saturated heterocycles. The summed E-state index contributed by atoms with van der Waals surface area (Å²) in [5, 5.41) is 27.7. The minimum Gasteiger partial charge on any atom is -0.360 e. The van der Waals surface area contributed by atoms with E-state index in [1.807, 2.05) is 42.5 Å². The van der Waals surface area contributed by atoms with Crippen LogP contribution in [0.1, 0.15) is 0 Å². The molecule has 132 valence electrons. The maximum Gasteiger partial charge on any atom is 0.292 e. The van der Waals surface area contributed by atoms with Gasteiger partial charge in [-0.05, 0) is 17.5 Å². The number of amides is 1. The van der Waals surface area contributed by atoms with Crippen LogP contribution in [0.15, 0.2) is 78.5 Å². The highest BCUT2D eigenvalue weighted by molar-refractivity contribution is 6.08. The third kappa shape index (κ3) is 3.91. The first-order valence-electron chi connectivity index (χ1n) is 7.99. The molecule has 3 aromatic rings. The van der Waals surface area contributed by atoms with E-state index >= 15 is 0 Å². The van der Waals surface area contributed by atoms with Crippen LogP contribution in [-0.4, -0.2) is 10.8 Å². The second-order valence-corrected chi connectivity index (χ2v) is 5.57. The Morgan fingerprint density at radius 3 is 2.44 bits per heavy atom. The summed E-state index contributed by atoms with van der Waals surface area (Å²) in [4.78, 5) is 22.8. The third-order valence-electron chi connectivity index (χ3n) is 3.88. The van der Waals surface area contributed by atoms with E-state index in [-0.39, 0.29) is 16.9 Å². The zero-order valence-corrected chi connectivity index (χ0v) is 14.0. The minimum absolute atomic E-state index is 0.0267. The molecule has 7 heteroatoms. The van der Waals surface area contributed by atoms with Gasteiger partial charge in [-0.15, -0.1) is 0 Å². The van der Waals surface area contributed by atoms with Crippen LogP contribution in [0.2, 0.25) is 0 Å². The lowest BCUT2D eigenvalue weighted by molar-refractivity contribution is -0.383. The van der Waals surface area contributed by atoms with E-state index in [1.54, 1.807) is 12.1 Å². The lowest BCUT2D eigenvalue weighted by Gasteiger charge is -2.08. The van der Waals surface area contributed by atoms with Gasteiger partial charge in [0.15, 0.2) is 0 Å². The third-order valence-corrected chi connectivity index (χ3v) is 3.88. The van der Waals surface area contributed by atoms with Crippen molar-refractivity contribution in [2.75, 3.05) is 10.6 Å². The van der Waals surface area contributed by atoms with Crippen LogP contribution in [0.3, 0.4) is 0 Å². The Kier molecular flexibility index (Phi) is 5.10. The number of anilines is 2. The Labute approximate surface area is 154 Å². The van der Waals surface area contributed by atoms with Gasteiger partial charge < -0.3 is 10.6 Å². The predicted molar refractivity (Wildman–Crippen MR) is 103 cm³/mol. The molecule has 0 fully saturated rings. The molecule has 3 rings (SSSR count). The van der Waals surface area contributed by atoms with Gasteiger partial charge in [-0.25, -0.2) is 0 Å². The smallest absolute Gasteiger partial charge is 0.292 e. The van der Waals surface area contributed by atoms with Gasteiger partial charge in [0.1, 0.15) is 17.3 Å². The molecule has 1 amide bonds.